The first-order valence-corrected chi connectivity index (χ1v) is 4.83. The number of carbonyl (C=O) groups excluding carboxylic acids is 1. The van der Waals surface area contributed by atoms with Gasteiger partial charge in [0.05, 0.1) is 24.1 Å². The molecular formula is C10H11F3N2O3. The summed E-state index contributed by atoms with van der Waals surface area (Å²) in [5, 5.41) is 0. The Labute approximate surface area is 101 Å². The maximum absolute atomic E-state index is 12.1. The molecule has 0 saturated carbocycles. The monoisotopic (exact) mass is 264 g/mol. The summed E-state index contributed by atoms with van der Waals surface area (Å²) in [6.07, 6.45) is -4.86. The fraction of sp³-hybridized carbons (Fsp3) is 0.400. The van der Waals surface area contributed by atoms with Crippen molar-refractivity contribution in [1.82, 2.24) is 4.98 Å². The molecule has 1 rings (SSSR count). The number of nitrogens with zero attached hydrogens (tertiary/aromatic N) is 1. The summed E-state index contributed by atoms with van der Waals surface area (Å²) >= 11 is 0. The Morgan fingerprint density at radius 1 is 1.50 bits per heavy atom. The van der Waals surface area contributed by atoms with Crippen molar-refractivity contribution in [2.75, 3.05) is 7.11 Å². The minimum Gasteiger partial charge on any atom is -0.465 e. The van der Waals surface area contributed by atoms with Crippen LogP contribution in [-0.4, -0.2) is 24.4 Å². The highest BCUT2D eigenvalue weighted by Crippen LogP contribution is 2.27. The van der Waals surface area contributed by atoms with Gasteiger partial charge in [-0.05, 0) is 13.0 Å². The van der Waals surface area contributed by atoms with Gasteiger partial charge in [-0.15, -0.1) is 13.2 Å². The van der Waals surface area contributed by atoms with Crippen LogP contribution in [0.4, 0.5) is 13.2 Å². The molecule has 0 unspecified atom stereocenters. The fourth-order valence-corrected chi connectivity index (χ4v) is 1.31. The van der Waals surface area contributed by atoms with E-state index in [2.05, 4.69) is 14.5 Å². The molecule has 100 valence electrons. The molecule has 0 fully saturated rings. The number of hydrogen-bond acceptors (Lipinski definition) is 5. The molecule has 0 aliphatic rings. The van der Waals surface area contributed by atoms with Crippen molar-refractivity contribution in [3.05, 3.63) is 23.0 Å². The van der Waals surface area contributed by atoms with E-state index in [0.29, 0.717) is 0 Å². The van der Waals surface area contributed by atoms with Gasteiger partial charge in [-0.3, -0.25) is 4.98 Å². The largest absolute Gasteiger partial charge is 0.573 e. The van der Waals surface area contributed by atoms with Crippen molar-refractivity contribution in [2.24, 2.45) is 5.73 Å². The number of methoxy groups -OCH3 is 1. The number of aryl methyl sites for hydroxylation is 1. The van der Waals surface area contributed by atoms with Crippen molar-refractivity contribution in [3.63, 3.8) is 0 Å². The van der Waals surface area contributed by atoms with E-state index < -0.39 is 18.1 Å². The predicted molar refractivity (Wildman–Crippen MR) is 54.9 cm³/mol. The molecule has 0 atom stereocenters. The second-order valence-corrected chi connectivity index (χ2v) is 3.31. The van der Waals surface area contributed by atoms with Gasteiger partial charge >= 0.3 is 12.3 Å². The average Bonchev–Trinajstić information content (AvgIpc) is 2.28. The van der Waals surface area contributed by atoms with Gasteiger partial charge in [0.1, 0.15) is 0 Å². The average molecular weight is 264 g/mol. The number of alkyl halides is 3. The van der Waals surface area contributed by atoms with Crippen LogP contribution < -0.4 is 10.5 Å². The van der Waals surface area contributed by atoms with Gasteiger partial charge in [0.2, 0.25) is 0 Å². The van der Waals surface area contributed by atoms with Crippen molar-refractivity contribution in [3.8, 4) is 5.75 Å². The number of hydrogen-bond donors (Lipinski definition) is 1. The standard InChI is InChI=1S/C10H11F3N2O3/c1-5-8(18-10(11,12)13)3-6(9(16)17-2)7(4-14)15-5/h3H,4,14H2,1-2H3. The highest BCUT2D eigenvalue weighted by atomic mass is 19.4. The third kappa shape index (κ3) is 3.33. The molecule has 1 aromatic rings. The predicted octanol–water partition coefficient (Wildman–Crippen LogP) is 1.53. The van der Waals surface area contributed by atoms with Crippen LogP contribution in [0.2, 0.25) is 0 Å². The van der Waals surface area contributed by atoms with E-state index in [1.807, 2.05) is 0 Å². The zero-order chi connectivity index (χ0) is 13.9. The van der Waals surface area contributed by atoms with E-state index in [0.717, 1.165) is 13.2 Å². The normalized spacial score (nSPS) is 11.2. The summed E-state index contributed by atoms with van der Waals surface area (Å²) in [6.45, 7) is 1.22. The molecule has 0 aromatic carbocycles. The molecule has 1 aromatic heterocycles. The van der Waals surface area contributed by atoms with Crippen LogP contribution in [0.15, 0.2) is 6.07 Å². The minimum atomic E-state index is -4.86. The van der Waals surface area contributed by atoms with E-state index in [1.54, 1.807) is 0 Å². The smallest absolute Gasteiger partial charge is 0.465 e. The lowest BCUT2D eigenvalue weighted by molar-refractivity contribution is -0.275. The molecule has 0 aliphatic carbocycles. The summed E-state index contributed by atoms with van der Waals surface area (Å²) in [7, 11) is 1.10. The molecule has 2 N–H and O–H groups in total. The molecule has 18 heavy (non-hydrogen) atoms. The zero-order valence-electron chi connectivity index (χ0n) is 9.67. The first-order chi connectivity index (χ1) is 8.28. The summed E-state index contributed by atoms with van der Waals surface area (Å²) in [5.41, 5.74) is 5.34. The number of halogens is 3. The summed E-state index contributed by atoms with van der Waals surface area (Å²) in [4.78, 5) is 15.2. The Balaban J connectivity index is 3.25. The van der Waals surface area contributed by atoms with Gasteiger partial charge < -0.3 is 15.2 Å². The van der Waals surface area contributed by atoms with Gasteiger partial charge in [-0.1, -0.05) is 0 Å². The Morgan fingerprint density at radius 2 is 2.11 bits per heavy atom. The van der Waals surface area contributed by atoms with Crippen molar-refractivity contribution < 1.29 is 27.4 Å². The SMILES string of the molecule is COC(=O)c1cc(OC(F)(F)F)c(C)nc1CN. The Hall–Kier alpha value is -1.83. The van der Waals surface area contributed by atoms with Crippen LogP contribution >= 0.6 is 0 Å². The molecule has 0 saturated heterocycles. The van der Waals surface area contributed by atoms with Gasteiger partial charge in [0, 0.05) is 6.54 Å². The molecule has 0 aliphatic heterocycles. The number of carbonyl (C=O) groups is 1. The van der Waals surface area contributed by atoms with Crippen LogP contribution in [0.5, 0.6) is 5.75 Å². The summed E-state index contributed by atoms with van der Waals surface area (Å²) in [6, 6.07) is 0.920. The zero-order valence-corrected chi connectivity index (χ0v) is 9.67. The maximum atomic E-state index is 12.1. The Bertz CT molecular complexity index is 460. The van der Waals surface area contributed by atoms with E-state index in [1.165, 1.54) is 6.92 Å². The van der Waals surface area contributed by atoms with Crippen molar-refractivity contribution in [2.45, 2.75) is 19.8 Å². The number of esters is 1. The third-order valence-corrected chi connectivity index (χ3v) is 2.07. The fourth-order valence-electron chi connectivity index (χ4n) is 1.31. The Kier molecular flexibility index (Phi) is 4.12. The topological polar surface area (TPSA) is 74.4 Å². The molecule has 0 radical (unpaired) electrons. The van der Waals surface area contributed by atoms with Crippen LogP contribution in [0, 0.1) is 6.92 Å². The molecular weight excluding hydrogens is 253 g/mol. The highest BCUT2D eigenvalue weighted by molar-refractivity contribution is 5.91. The second kappa shape index (κ2) is 5.21. The van der Waals surface area contributed by atoms with Crippen LogP contribution in [0.1, 0.15) is 21.7 Å². The summed E-state index contributed by atoms with van der Waals surface area (Å²) in [5.74, 6) is -1.38. The van der Waals surface area contributed by atoms with Gasteiger partial charge in [0.25, 0.3) is 0 Å². The van der Waals surface area contributed by atoms with Gasteiger partial charge in [0.15, 0.2) is 5.75 Å². The highest BCUT2D eigenvalue weighted by Gasteiger charge is 2.32. The van der Waals surface area contributed by atoms with Crippen LogP contribution in [0.3, 0.4) is 0 Å². The molecule has 0 spiro atoms. The van der Waals surface area contributed by atoms with Crippen molar-refractivity contribution >= 4 is 5.97 Å². The number of ether oxygens (including phenoxy) is 2. The molecule has 0 amide bonds. The molecule has 1 heterocycles. The lowest BCUT2D eigenvalue weighted by Gasteiger charge is -2.13. The van der Waals surface area contributed by atoms with Crippen LogP contribution in [-0.2, 0) is 11.3 Å². The lowest BCUT2D eigenvalue weighted by atomic mass is 10.1. The van der Waals surface area contributed by atoms with E-state index in [9.17, 15) is 18.0 Å². The third-order valence-electron chi connectivity index (χ3n) is 2.07. The minimum absolute atomic E-state index is 0.0135. The maximum Gasteiger partial charge on any atom is 0.573 e. The molecule has 8 heteroatoms. The van der Waals surface area contributed by atoms with E-state index >= 15 is 0 Å². The summed E-state index contributed by atoms with van der Waals surface area (Å²) < 4.78 is 44.6. The lowest BCUT2D eigenvalue weighted by Crippen LogP contribution is -2.20. The van der Waals surface area contributed by atoms with Gasteiger partial charge in [-0.25, -0.2) is 4.79 Å². The number of nitrogens with two attached hydrogens (primary N) is 1. The first-order valence-electron chi connectivity index (χ1n) is 4.83. The number of aromatic nitrogens is 1. The number of pyridine rings is 1. The quantitative estimate of drug-likeness (QED) is 0.838. The molecule has 0 bridgehead atoms. The van der Waals surface area contributed by atoms with Crippen molar-refractivity contribution in [1.29, 1.82) is 0 Å². The van der Waals surface area contributed by atoms with Crippen LogP contribution in [0.25, 0.3) is 0 Å². The second-order valence-electron chi connectivity index (χ2n) is 3.31. The van der Waals surface area contributed by atoms with E-state index in [4.69, 9.17) is 5.73 Å². The van der Waals surface area contributed by atoms with E-state index in [-0.39, 0.29) is 23.5 Å². The Morgan fingerprint density at radius 3 is 2.56 bits per heavy atom. The number of rotatable bonds is 3. The first kappa shape index (κ1) is 14.2. The van der Waals surface area contributed by atoms with Gasteiger partial charge in [-0.2, -0.15) is 0 Å². The molecule has 5 nitrogen and oxygen atoms in total.